The summed E-state index contributed by atoms with van der Waals surface area (Å²) in [5.74, 6) is -2.49. The second-order valence-electron chi connectivity index (χ2n) is 5.33. The summed E-state index contributed by atoms with van der Waals surface area (Å²) < 4.78 is 39.5. The lowest BCUT2D eigenvalue weighted by atomic mass is 10.2. The zero-order valence-electron chi connectivity index (χ0n) is 12.1. The number of alkyl halides is 2. The van der Waals surface area contributed by atoms with Gasteiger partial charge in [0.1, 0.15) is 11.6 Å². The van der Waals surface area contributed by atoms with Gasteiger partial charge < -0.3 is 20.2 Å². The lowest BCUT2D eigenvalue weighted by Gasteiger charge is -2.19. The largest absolute Gasteiger partial charge is 0.468 e. The van der Waals surface area contributed by atoms with Gasteiger partial charge in [0.05, 0.1) is 18.9 Å². The van der Waals surface area contributed by atoms with Crippen molar-refractivity contribution in [1.82, 2.24) is 14.9 Å². The van der Waals surface area contributed by atoms with Crippen LogP contribution in [0.25, 0.3) is 0 Å². The van der Waals surface area contributed by atoms with Crippen molar-refractivity contribution in [1.29, 1.82) is 0 Å². The summed E-state index contributed by atoms with van der Waals surface area (Å²) in [6.45, 7) is 0.621. The normalized spacial score (nSPS) is 23.2. The Morgan fingerprint density at radius 3 is 3.00 bits per heavy atom. The first-order valence-corrected chi connectivity index (χ1v) is 7.07. The molecule has 0 bridgehead atoms. The molecule has 1 fully saturated rings. The average Bonchev–Trinajstić information content (AvgIpc) is 3.07. The molecule has 3 heterocycles. The quantitative estimate of drug-likeness (QED) is 0.855. The van der Waals surface area contributed by atoms with Gasteiger partial charge in [0.25, 0.3) is 5.92 Å². The van der Waals surface area contributed by atoms with Crippen LogP contribution < -0.4 is 16.7 Å². The van der Waals surface area contributed by atoms with Gasteiger partial charge in [0.2, 0.25) is 6.23 Å². The van der Waals surface area contributed by atoms with Gasteiger partial charge in [0.15, 0.2) is 0 Å². The van der Waals surface area contributed by atoms with Crippen molar-refractivity contribution >= 4 is 5.82 Å². The van der Waals surface area contributed by atoms with Crippen molar-refractivity contribution in [2.75, 3.05) is 12.3 Å². The molecule has 2 aromatic heterocycles. The van der Waals surface area contributed by atoms with E-state index < -0.39 is 30.4 Å². The molecule has 7 nitrogen and oxygen atoms in total. The standard InChI is InChI=1S/C14H16F2N4O3/c15-14(16)6-10(8-18-7-9-2-1-5-22-9)23-12(14)20-4-3-11(17)19-13(20)21/h1-5,10,12,18H,6-8H2,(H2,17,19,21)/t10-,12+/m0/s1. The molecular weight excluding hydrogens is 310 g/mol. The van der Waals surface area contributed by atoms with E-state index in [2.05, 4.69) is 10.3 Å². The smallest absolute Gasteiger partial charge is 0.351 e. The van der Waals surface area contributed by atoms with Crippen LogP contribution in [0.4, 0.5) is 14.6 Å². The van der Waals surface area contributed by atoms with E-state index in [1.54, 1.807) is 12.1 Å². The van der Waals surface area contributed by atoms with Gasteiger partial charge >= 0.3 is 5.69 Å². The summed E-state index contributed by atoms with van der Waals surface area (Å²) in [5.41, 5.74) is 4.50. The molecule has 0 amide bonds. The van der Waals surface area contributed by atoms with Crippen molar-refractivity contribution in [3.63, 3.8) is 0 Å². The Kier molecular flexibility index (Phi) is 4.14. The van der Waals surface area contributed by atoms with E-state index in [0.717, 1.165) is 4.57 Å². The number of hydrogen-bond donors (Lipinski definition) is 2. The van der Waals surface area contributed by atoms with Crippen LogP contribution in [0.15, 0.2) is 39.9 Å². The van der Waals surface area contributed by atoms with Crippen molar-refractivity contribution in [3.05, 3.63) is 46.9 Å². The lowest BCUT2D eigenvalue weighted by Crippen LogP contribution is -2.35. The first-order valence-electron chi connectivity index (χ1n) is 7.07. The molecule has 1 aliphatic rings. The van der Waals surface area contributed by atoms with Gasteiger partial charge in [-0.2, -0.15) is 4.98 Å². The second kappa shape index (κ2) is 6.09. The number of nitrogens with one attached hydrogen (secondary N) is 1. The van der Waals surface area contributed by atoms with Crippen LogP contribution in [0.3, 0.4) is 0 Å². The first kappa shape index (κ1) is 15.6. The van der Waals surface area contributed by atoms with E-state index in [1.165, 1.54) is 18.5 Å². The molecular formula is C14H16F2N4O3. The Balaban J connectivity index is 1.65. The number of nitrogens with two attached hydrogens (primary N) is 1. The molecule has 3 N–H and O–H groups in total. The molecule has 0 saturated carbocycles. The maximum absolute atomic E-state index is 14.1. The van der Waals surface area contributed by atoms with Crippen LogP contribution >= 0.6 is 0 Å². The van der Waals surface area contributed by atoms with Gasteiger partial charge in [0, 0.05) is 19.2 Å². The van der Waals surface area contributed by atoms with E-state index in [9.17, 15) is 13.6 Å². The number of aromatic nitrogens is 2. The number of anilines is 1. The van der Waals surface area contributed by atoms with Crippen LogP contribution in [0.5, 0.6) is 0 Å². The van der Waals surface area contributed by atoms with E-state index in [0.29, 0.717) is 12.3 Å². The van der Waals surface area contributed by atoms with Crippen molar-refractivity contribution in [2.24, 2.45) is 0 Å². The number of nitrogens with zero attached hydrogens (tertiary/aromatic N) is 2. The van der Waals surface area contributed by atoms with Crippen LogP contribution in [0.1, 0.15) is 18.4 Å². The molecule has 9 heteroatoms. The summed E-state index contributed by atoms with van der Waals surface area (Å²) >= 11 is 0. The lowest BCUT2D eigenvalue weighted by molar-refractivity contribution is -0.116. The molecule has 0 aromatic carbocycles. The highest BCUT2D eigenvalue weighted by molar-refractivity contribution is 5.23. The van der Waals surface area contributed by atoms with Gasteiger partial charge in [-0.3, -0.25) is 4.57 Å². The maximum Gasteiger partial charge on any atom is 0.351 e. The zero-order valence-corrected chi connectivity index (χ0v) is 12.1. The third-order valence-corrected chi connectivity index (χ3v) is 3.54. The molecule has 2 aromatic rings. The summed E-state index contributed by atoms with van der Waals surface area (Å²) in [5, 5.41) is 2.99. The molecule has 1 saturated heterocycles. The monoisotopic (exact) mass is 326 g/mol. The van der Waals surface area contributed by atoms with Crippen LogP contribution in [0, 0.1) is 0 Å². The molecule has 23 heavy (non-hydrogen) atoms. The highest BCUT2D eigenvalue weighted by atomic mass is 19.3. The minimum Gasteiger partial charge on any atom is -0.468 e. The Labute approximate surface area is 130 Å². The topological polar surface area (TPSA) is 95.3 Å². The maximum atomic E-state index is 14.1. The zero-order chi connectivity index (χ0) is 16.4. The Bertz CT molecular complexity index is 717. The van der Waals surface area contributed by atoms with Crippen LogP contribution in [-0.2, 0) is 11.3 Å². The fourth-order valence-corrected chi connectivity index (χ4v) is 2.50. The van der Waals surface area contributed by atoms with Crippen molar-refractivity contribution in [2.45, 2.75) is 31.2 Å². The number of nitrogen functional groups attached to an aromatic ring is 1. The molecule has 1 aliphatic heterocycles. The number of furan rings is 1. The highest BCUT2D eigenvalue weighted by Crippen LogP contribution is 2.41. The summed E-state index contributed by atoms with van der Waals surface area (Å²) in [4.78, 5) is 15.2. The minimum atomic E-state index is -3.17. The van der Waals surface area contributed by atoms with E-state index in [4.69, 9.17) is 14.9 Å². The number of ether oxygens (including phenoxy) is 1. The predicted molar refractivity (Wildman–Crippen MR) is 76.8 cm³/mol. The van der Waals surface area contributed by atoms with Crippen molar-refractivity contribution in [3.8, 4) is 0 Å². The van der Waals surface area contributed by atoms with Crippen molar-refractivity contribution < 1.29 is 17.9 Å². The fraction of sp³-hybridized carbons (Fsp3) is 0.429. The van der Waals surface area contributed by atoms with E-state index >= 15 is 0 Å². The third-order valence-electron chi connectivity index (χ3n) is 3.54. The first-order chi connectivity index (χ1) is 11.0. The highest BCUT2D eigenvalue weighted by Gasteiger charge is 2.51. The van der Waals surface area contributed by atoms with Gasteiger partial charge in [-0.25, -0.2) is 13.6 Å². The number of halogens is 2. The molecule has 124 valence electrons. The molecule has 2 atom stereocenters. The van der Waals surface area contributed by atoms with Gasteiger partial charge in [-0.05, 0) is 18.2 Å². The predicted octanol–water partition coefficient (Wildman–Crippen LogP) is 1.13. The Morgan fingerprint density at radius 1 is 1.48 bits per heavy atom. The SMILES string of the molecule is Nc1ccn([C@@H]2O[C@H](CNCc3ccco3)CC2(F)F)c(=O)n1. The second-order valence-corrected chi connectivity index (χ2v) is 5.33. The van der Waals surface area contributed by atoms with Crippen LogP contribution in [-0.4, -0.2) is 28.1 Å². The summed E-state index contributed by atoms with van der Waals surface area (Å²) in [6.07, 6.45) is -0.192. The summed E-state index contributed by atoms with van der Waals surface area (Å²) in [6, 6.07) is 4.80. The molecule has 0 aliphatic carbocycles. The van der Waals surface area contributed by atoms with Gasteiger partial charge in [-0.1, -0.05) is 0 Å². The van der Waals surface area contributed by atoms with E-state index in [-0.39, 0.29) is 12.4 Å². The number of rotatable bonds is 5. The summed E-state index contributed by atoms with van der Waals surface area (Å²) in [7, 11) is 0. The Morgan fingerprint density at radius 2 is 2.30 bits per heavy atom. The number of hydrogen-bond acceptors (Lipinski definition) is 6. The average molecular weight is 326 g/mol. The van der Waals surface area contributed by atoms with Crippen LogP contribution in [0.2, 0.25) is 0 Å². The molecule has 0 radical (unpaired) electrons. The van der Waals surface area contributed by atoms with Gasteiger partial charge in [-0.15, -0.1) is 0 Å². The third kappa shape index (κ3) is 3.40. The molecule has 0 spiro atoms. The molecule has 0 unspecified atom stereocenters. The minimum absolute atomic E-state index is 0.0239. The fourth-order valence-electron chi connectivity index (χ4n) is 2.50. The Hall–Kier alpha value is -2.26. The van der Waals surface area contributed by atoms with E-state index in [1.807, 2.05) is 0 Å². The molecule has 3 rings (SSSR count).